The molecule has 0 unspecified atom stereocenters. The average molecular weight is 472 g/mol. The molecule has 32 heavy (non-hydrogen) atoms. The number of hydrogen-bond donors (Lipinski definition) is 2. The maximum Gasteiger partial charge on any atom is 0.263 e. The minimum Gasteiger partial charge on any atom is -0.380 e. The molecule has 0 spiro atoms. The van der Waals surface area contributed by atoms with Crippen LogP contribution in [0.15, 0.2) is 28.0 Å². The zero-order chi connectivity index (χ0) is 22.2. The predicted octanol–water partition coefficient (Wildman–Crippen LogP) is 5.49. The zero-order valence-corrected chi connectivity index (χ0v) is 19.4. The lowest BCUT2D eigenvalue weighted by atomic mass is 9.95. The van der Waals surface area contributed by atoms with E-state index in [1.54, 1.807) is 6.08 Å². The molecule has 0 radical (unpaired) electrons. The van der Waals surface area contributed by atoms with Crippen molar-refractivity contribution in [3.63, 3.8) is 0 Å². The Bertz CT molecular complexity index is 1180. The van der Waals surface area contributed by atoms with Crippen molar-refractivity contribution in [1.82, 2.24) is 9.88 Å². The van der Waals surface area contributed by atoms with Crippen LogP contribution >= 0.6 is 24.0 Å². The number of anilines is 1. The topological polar surface area (TPSA) is 63.1 Å². The molecule has 2 N–H and O–H groups in total. The number of fused-ring (bicyclic) bond motifs is 1. The van der Waals surface area contributed by atoms with Gasteiger partial charge in [0.2, 0.25) is 0 Å². The molecule has 1 amide bonds. The van der Waals surface area contributed by atoms with Crippen LogP contribution < -0.4 is 16.1 Å². The predicted molar refractivity (Wildman–Crippen MR) is 132 cm³/mol. The number of nitrogens with zero attached hydrogens (tertiary/aromatic N) is 1. The summed E-state index contributed by atoms with van der Waals surface area (Å²) < 4.78 is 17.6. The van der Waals surface area contributed by atoms with Crippen LogP contribution in [0.25, 0.3) is 17.0 Å². The number of nitrogens with one attached hydrogen (secondary N) is 2. The molecule has 3 fully saturated rings. The lowest BCUT2D eigenvalue weighted by molar-refractivity contribution is -0.115. The number of halogens is 1. The fourth-order valence-electron chi connectivity index (χ4n) is 5.12. The Kier molecular flexibility index (Phi) is 6.07. The molecule has 0 atom stereocenters. The van der Waals surface area contributed by atoms with Crippen molar-refractivity contribution in [2.75, 3.05) is 5.32 Å². The lowest BCUT2D eigenvalue weighted by Crippen LogP contribution is -2.23. The van der Waals surface area contributed by atoms with Crippen LogP contribution in [-0.4, -0.2) is 20.8 Å². The van der Waals surface area contributed by atoms with E-state index in [2.05, 4.69) is 15.2 Å². The smallest absolute Gasteiger partial charge is 0.263 e. The summed E-state index contributed by atoms with van der Waals surface area (Å²) in [7, 11) is 0. The quantitative estimate of drug-likeness (QED) is 0.456. The third-order valence-corrected chi connectivity index (χ3v) is 7.92. The largest absolute Gasteiger partial charge is 0.380 e. The van der Waals surface area contributed by atoms with Crippen LogP contribution in [0, 0.1) is 5.82 Å². The van der Waals surface area contributed by atoms with E-state index in [1.165, 1.54) is 12.5 Å². The molecular weight excluding hydrogens is 445 g/mol. The highest BCUT2D eigenvalue weighted by molar-refractivity contribution is 8.26. The summed E-state index contributed by atoms with van der Waals surface area (Å²) in [5, 5.41) is 6.32. The monoisotopic (exact) mass is 471 g/mol. The van der Waals surface area contributed by atoms with Gasteiger partial charge in [-0.25, -0.2) is 4.39 Å². The summed E-state index contributed by atoms with van der Waals surface area (Å²) in [5.41, 5.74) is 1.34. The van der Waals surface area contributed by atoms with Gasteiger partial charge in [0.05, 0.1) is 16.1 Å². The second-order valence-electron chi connectivity index (χ2n) is 8.94. The normalized spacial score (nSPS) is 21.6. The van der Waals surface area contributed by atoms with Crippen molar-refractivity contribution in [3.05, 3.63) is 44.8 Å². The number of carbonyl (C=O) groups is 1. The molecule has 1 saturated heterocycles. The number of rotatable bonds is 4. The van der Waals surface area contributed by atoms with Crippen molar-refractivity contribution in [2.45, 2.75) is 69.9 Å². The van der Waals surface area contributed by atoms with Gasteiger partial charge in [0.1, 0.15) is 10.1 Å². The summed E-state index contributed by atoms with van der Waals surface area (Å²) in [6.45, 7) is 0. The van der Waals surface area contributed by atoms with Gasteiger partial charge >= 0.3 is 0 Å². The number of aromatic nitrogens is 1. The standard InChI is InChI=1S/C24H26FN3O2S2/c25-18-11-17-20(12-19(18)26-15-6-2-1-3-7-15)28(16-8-4-5-9-16)13-14(22(17)29)10-21-23(30)27-24(31)32-21/h10-13,15-16,26H,1-9H2,(H,27,30,31). The summed E-state index contributed by atoms with van der Waals surface area (Å²) in [6, 6.07) is 3.70. The number of benzene rings is 1. The number of hydrogen-bond acceptors (Lipinski definition) is 5. The molecule has 1 aromatic heterocycles. The summed E-state index contributed by atoms with van der Waals surface area (Å²) >= 11 is 6.21. The Morgan fingerprint density at radius 3 is 2.50 bits per heavy atom. The first-order valence-electron chi connectivity index (χ1n) is 11.4. The molecule has 0 bridgehead atoms. The van der Waals surface area contributed by atoms with Gasteiger partial charge in [-0.3, -0.25) is 9.59 Å². The van der Waals surface area contributed by atoms with E-state index in [4.69, 9.17) is 12.2 Å². The fraction of sp³-hybridized carbons (Fsp3) is 0.458. The molecule has 5 nitrogen and oxygen atoms in total. The Labute approximate surface area is 195 Å². The second kappa shape index (κ2) is 8.98. The van der Waals surface area contributed by atoms with Crippen molar-refractivity contribution < 1.29 is 9.18 Å². The van der Waals surface area contributed by atoms with Gasteiger partial charge in [0, 0.05) is 29.2 Å². The van der Waals surface area contributed by atoms with Crippen LogP contribution in [-0.2, 0) is 4.79 Å². The molecule has 3 aliphatic rings. The van der Waals surface area contributed by atoms with Gasteiger partial charge in [-0.05, 0) is 43.9 Å². The van der Waals surface area contributed by atoms with E-state index in [0.29, 0.717) is 25.9 Å². The van der Waals surface area contributed by atoms with Crippen LogP contribution in [0.2, 0.25) is 0 Å². The highest BCUT2D eigenvalue weighted by Gasteiger charge is 2.25. The third-order valence-electron chi connectivity index (χ3n) is 6.76. The SMILES string of the molecule is O=C1NC(=S)SC1=Cc1cn(C2CCCC2)c2cc(NC3CCCCC3)c(F)cc2c1=O. The summed E-state index contributed by atoms with van der Waals surface area (Å²) in [6.07, 6.45) is 13.4. The minimum atomic E-state index is -0.405. The van der Waals surface area contributed by atoms with Crippen LogP contribution in [0.5, 0.6) is 0 Å². The summed E-state index contributed by atoms with van der Waals surface area (Å²) in [4.78, 5) is 25.8. The lowest BCUT2D eigenvalue weighted by Gasteiger charge is -2.25. The maximum atomic E-state index is 15.1. The molecular formula is C24H26FN3O2S2. The Morgan fingerprint density at radius 1 is 1.09 bits per heavy atom. The van der Waals surface area contributed by atoms with Gasteiger partial charge in [0.15, 0.2) is 5.43 Å². The van der Waals surface area contributed by atoms with Crippen LogP contribution in [0.1, 0.15) is 69.4 Å². The molecule has 168 valence electrons. The van der Waals surface area contributed by atoms with E-state index in [9.17, 15) is 9.59 Å². The number of carbonyl (C=O) groups excluding carboxylic acids is 1. The summed E-state index contributed by atoms with van der Waals surface area (Å²) in [5.74, 6) is -0.706. The number of thioether (sulfide) groups is 1. The van der Waals surface area contributed by atoms with E-state index >= 15 is 4.39 Å². The van der Waals surface area contributed by atoms with E-state index < -0.39 is 5.82 Å². The molecule has 2 aromatic rings. The number of amides is 1. The van der Waals surface area contributed by atoms with Gasteiger partial charge in [-0.1, -0.05) is 56.1 Å². The van der Waals surface area contributed by atoms with E-state index in [-0.39, 0.29) is 23.4 Å². The molecule has 2 aliphatic carbocycles. The van der Waals surface area contributed by atoms with Crippen molar-refractivity contribution >= 4 is 56.9 Å². The highest BCUT2D eigenvalue weighted by Crippen LogP contribution is 2.34. The number of pyridine rings is 1. The molecule has 1 aromatic carbocycles. The first-order valence-corrected chi connectivity index (χ1v) is 12.6. The zero-order valence-electron chi connectivity index (χ0n) is 17.8. The fourth-order valence-corrected chi connectivity index (χ4v) is 6.15. The van der Waals surface area contributed by atoms with Gasteiger partial charge in [0.25, 0.3) is 5.91 Å². The number of thiocarbonyl (C=S) groups is 1. The first kappa shape index (κ1) is 21.6. The molecule has 8 heteroatoms. The minimum absolute atomic E-state index is 0.259. The van der Waals surface area contributed by atoms with Crippen LogP contribution in [0.4, 0.5) is 10.1 Å². The van der Waals surface area contributed by atoms with Gasteiger partial charge in [-0.15, -0.1) is 0 Å². The van der Waals surface area contributed by atoms with Gasteiger partial charge in [-0.2, -0.15) is 0 Å². The molecule has 2 heterocycles. The van der Waals surface area contributed by atoms with Crippen molar-refractivity contribution in [3.8, 4) is 0 Å². The van der Waals surface area contributed by atoms with E-state index in [0.717, 1.165) is 68.6 Å². The van der Waals surface area contributed by atoms with E-state index in [1.807, 2.05) is 12.3 Å². The van der Waals surface area contributed by atoms with Crippen molar-refractivity contribution in [2.24, 2.45) is 0 Å². The second-order valence-corrected chi connectivity index (χ2v) is 10.7. The molecule has 2 saturated carbocycles. The highest BCUT2D eigenvalue weighted by atomic mass is 32.2. The first-order chi connectivity index (χ1) is 15.5. The Hall–Kier alpha value is -2.19. The maximum absolute atomic E-state index is 15.1. The van der Waals surface area contributed by atoms with Gasteiger partial charge < -0.3 is 15.2 Å². The third kappa shape index (κ3) is 4.22. The molecule has 5 rings (SSSR count). The Balaban J connectivity index is 1.62. The Morgan fingerprint density at radius 2 is 1.81 bits per heavy atom. The molecule has 1 aliphatic heterocycles. The average Bonchev–Trinajstić information content (AvgIpc) is 3.41. The van der Waals surface area contributed by atoms with Crippen LogP contribution in [0.3, 0.4) is 0 Å². The van der Waals surface area contributed by atoms with Crippen molar-refractivity contribution in [1.29, 1.82) is 0 Å².